The van der Waals surface area contributed by atoms with Crippen molar-refractivity contribution in [1.82, 2.24) is 0 Å². The number of hydrogen-bond donors (Lipinski definition) is 1. The minimum Gasteiger partial charge on any atom is -0.362 e. The summed E-state index contributed by atoms with van der Waals surface area (Å²) in [6.45, 7) is 3.58. The van der Waals surface area contributed by atoms with Crippen molar-refractivity contribution >= 4 is 17.0 Å². The second-order valence-electron chi connectivity index (χ2n) is 5.24. The number of halogens is 1. The second kappa shape index (κ2) is 5.54. The van der Waals surface area contributed by atoms with Crippen molar-refractivity contribution in [3.63, 3.8) is 0 Å². The molecular formula is C16H19FN2S. The molecule has 0 fully saturated rings. The van der Waals surface area contributed by atoms with Gasteiger partial charge in [0.25, 0.3) is 0 Å². The number of nitrogens with zero attached hydrogens (tertiary/aromatic N) is 1. The van der Waals surface area contributed by atoms with Gasteiger partial charge in [-0.1, -0.05) is 6.07 Å². The molecule has 0 bridgehead atoms. The van der Waals surface area contributed by atoms with E-state index in [1.165, 1.54) is 10.4 Å². The molecule has 1 aromatic heterocycles. The van der Waals surface area contributed by atoms with E-state index < -0.39 is 0 Å². The van der Waals surface area contributed by atoms with Gasteiger partial charge in [-0.15, -0.1) is 11.3 Å². The minimum atomic E-state index is -0.138. The Bertz CT molecular complexity index is 608. The molecule has 2 heterocycles. The molecule has 3 rings (SSSR count). The van der Waals surface area contributed by atoms with Crippen LogP contribution in [-0.2, 0) is 12.8 Å². The summed E-state index contributed by atoms with van der Waals surface area (Å²) in [4.78, 5) is 3.60. The molecule has 20 heavy (non-hydrogen) atoms. The van der Waals surface area contributed by atoms with E-state index in [1.54, 1.807) is 17.4 Å². The monoisotopic (exact) mass is 290 g/mol. The molecule has 1 aliphatic heterocycles. The second-order valence-corrected chi connectivity index (χ2v) is 6.24. The van der Waals surface area contributed by atoms with E-state index in [2.05, 4.69) is 23.3 Å². The predicted molar refractivity (Wildman–Crippen MR) is 82.9 cm³/mol. The zero-order chi connectivity index (χ0) is 14.1. The van der Waals surface area contributed by atoms with E-state index in [0.29, 0.717) is 12.2 Å². The molecule has 2 aromatic rings. The maximum Gasteiger partial charge on any atom is 0.146 e. The van der Waals surface area contributed by atoms with Crippen LogP contribution >= 0.6 is 11.3 Å². The molecule has 2 nitrogen and oxygen atoms in total. The minimum absolute atomic E-state index is 0.138. The summed E-state index contributed by atoms with van der Waals surface area (Å²) in [5.74, 6) is -0.138. The largest absolute Gasteiger partial charge is 0.362 e. The summed E-state index contributed by atoms with van der Waals surface area (Å²) in [6.07, 6.45) is 1.72. The third kappa shape index (κ3) is 2.34. The molecule has 0 aliphatic carbocycles. The Kier molecular flexibility index (Phi) is 3.76. The summed E-state index contributed by atoms with van der Waals surface area (Å²) in [6, 6.07) is 7.91. The molecule has 2 N–H and O–H groups in total. The summed E-state index contributed by atoms with van der Waals surface area (Å²) < 4.78 is 14.4. The van der Waals surface area contributed by atoms with Gasteiger partial charge >= 0.3 is 0 Å². The molecule has 0 spiro atoms. The number of benzene rings is 1. The first-order valence-corrected chi connectivity index (χ1v) is 7.90. The van der Waals surface area contributed by atoms with Crippen molar-refractivity contribution in [3.8, 4) is 0 Å². The summed E-state index contributed by atoms with van der Waals surface area (Å²) in [5, 5.41) is 2.13. The number of nitrogens with two attached hydrogens (primary N) is 1. The molecule has 0 radical (unpaired) electrons. The van der Waals surface area contributed by atoms with Gasteiger partial charge in [0.2, 0.25) is 0 Å². The number of rotatable bonds is 3. The van der Waals surface area contributed by atoms with E-state index in [1.807, 2.05) is 12.1 Å². The Morgan fingerprint density at radius 1 is 1.40 bits per heavy atom. The van der Waals surface area contributed by atoms with Gasteiger partial charge in [0, 0.05) is 11.4 Å². The van der Waals surface area contributed by atoms with Crippen LogP contribution in [0.25, 0.3) is 0 Å². The lowest BCUT2D eigenvalue weighted by Crippen LogP contribution is -2.33. The molecule has 0 saturated carbocycles. The van der Waals surface area contributed by atoms with E-state index in [9.17, 15) is 4.39 Å². The molecule has 1 aliphatic rings. The third-order valence-electron chi connectivity index (χ3n) is 4.03. The van der Waals surface area contributed by atoms with Crippen LogP contribution in [0.2, 0.25) is 0 Å². The van der Waals surface area contributed by atoms with E-state index in [4.69, 9.17) is 5.73 Å². The van der Waals surface area contributed by atoms with Gasteiger partial charge in [0.15, 0.2) is 0 Å². The highest BCUT2D eigenvalue weighted by Crippen LogP contribution is 2.37. The van der Waals surface area contributed by atoms with Crippen molar-refractivity contribution < 1.29 is 4.39 Å². The lowest BCUT2D eigenvalue weighted by Gasteiger charge is -2.35. The molecule has 0 amide bonds. The molecule has 0 saturated heterocycles. The molecular weight excluding hydrogens is 271 g/mol. The summed E-state index contributed by atoms with van der Waals surface area (Å²) >= 11 is 1.81. The molecule has 4 heteroatoms. The van der Waals surface area contributed by atoms with Crippen molar-refractivity contribution in [3.05, 3.63) is 51.5 Å². The van der Waals surface area contributed by atoms with E-state index in [0.717, 1.165) is 24.9 Å². The van der Waals surface area contributed by atoms with Crippen LogP contribution in [-0.4, -0.2) is 13.1 Å². The van der Waals surface area contributed by atoms with Gasteiger partial charge in [-0.3, -0.25) is 0 Å². The Hall–Kier alpha value is -1.39. The van der Waals surface area contributed by atoms with Crippen molar-refractivity contribution in [2.45, 2.75) is 25.8 Å². The summed E-state index contributed by atoms with van der Waals surface area (Å²) in [5.41, 5.74) is 8.53. The van der Waals surface area contributed by atoms with Crippen LogP contribution in [0.3, 0.4) is 0 Å². The van der Waals surface area contributed by atoms with Crippen LogP contribution in [0.5, 0.6) is 0 Å². The molecule has 1 unspecified atom stereocenters. The van der Waals surface area contributed by atoms with Crippen molar-refractivity contribution in [1.29, 1.82) is 0 Å². The Morgan fingerprint density at radius 2 is 2.25 bits per heavy atom. The SMILES string of the molecule is CC1c2ccsc2CCN1c1ccc(CCN)cc1F. The lowest BCUT2D eigenvalue weighted by atomic mass is 10.00. The van der Waals surface area contributed by atoms with Gasteiger partial charge < -0.3 is 10.6 Å². The van der Waals surface area contributed by atoms with E-state index >= 15 is 0 Å². The summed E-state index contributed by atoms with van der Waals surface area (Å²) in [7, 11) is 0. The van der Waals surface area contributed by atoms with Crippen LogP contribution < -0.4 is 10.6 Å². The standard InChI is InChI=1S/C16H19FN2S/c1-11-13-6-9-20-16(13)5-8-19(11)15-3-2-12(4-7-18)10-14(15)17/h2-3,6,9-11H,4-5,7-8,18H2,1H3. The number of hydrogen-bond acceptors (Lipinski definition) is 3. The first kappa shape index (κ1) is 13.6. The molecule has 1 atom stereocenters. The zero-order valence-electron chi connectivity index (χ0n) is 11.6. The first-order chi connectivity index (χ1) is 9.70. The molecule has 1 aromatic carbocycles. The third-order valence-corrected chi connectivity index (χ3v) is 5.03. The zero-order valence-corrected chi connectivity index (χ0v) is 12.4. The highest BCUT2D eigenvalue weighted by molar-refractivity contribution is 7.10. The molecule has 106 valence electrons. The van der Waals surface area contributed by atoms with Crippen LogP contribution in [0.4, 0.5) is 10.1 Å². The first-order valence-electron chi connectivity index (χ1n) is 7.02. The Balaban J connectivity index is 1.90. The Morgan fingerprint density at radius 3 is 3.00 bits per heavy atom. The Labute approximate surface area is 123 Å². The maximum atomic E-state index is 14.4. The smallest absolute Gasteiger partial charge is 0.146 e. The van der Waals surface area contributed by atoms with Crippen molar-refractivity contribution in [2.24, 2.45) is 5.73 Å². The normalized spacial score (nSPS) is 18.1. The average Bonchev–Trinajstić information content (AvgIpc) is 2.90. The number of fused-ring (bicyclic) bond motifs is 1. The highest BCUT2D eigenvalue weighted by atomic mass is 32.1. The number of anilines is 1. The topological polar surface area (TPSA) is 29.3 Å². The van der Waals surface area contributed by atoms with Gasteiger partial charge in [0.1, 0.15) is 5.82 Å². The van der Waals surface area contributed by atoms with Gasteiger partial charge in [-0.2, -0.15) is 0 Å². The predicted octanol–water partition coefficient (Wildman–Crippen LogP) is 3.51. The average molecular weight is 290 g/mol. The lowest BCUT2D eigenvalue weighted by molar-refractivity contribution is 0.581. The van der Waals surface area contributed by atoms with Crippen LogP contribution in [0.15, 0.2) is 29.6 Å². The fraction of sp³-hybridized carbons (Fsp3) is 0.375. The van der Waals surface area contributed by atoms with Gasteiger partial charge in [-0.05, 0) is 61.0 Å². The fourth-order valence-electron chi connectivity index (χ4n) is 2.94. The van der Waals surface area contributed by atoms with Crippen LogP contribution in [0.1, 0.15) is 29.0 Å². The van der Waals surface area contributed by atoms with E-state index in [-0.39, 0.29) is 11.9 Å². The van der Waals surface area contributed by atoms with Gasteiger partial charge in [0.05, 0.1) is 11.7 Å². The number of thiophene rings is 1. The van der Waals surface area contributed by atoms with Crippen molar-refractivity contribution in [2.75, 3.05) is 18.0 Å². The fourth-order valence-corrected chi connectivity index (χ4v) is 3.91. The maximum absolute atomic E-state index is 14.4. The highest BCUT2D eigenvalue weighted by Gasteiger charge is 2.26. The quantitative estimate of drug-likeness (QED) is 0.937. The van der Waals surface area contributed by atoms with Gasteiger partial charge in [-0.25, -0.2) is 4.39 Å². The van der Waals surface area contributed by atoms with Crippen LogP contribution in [0, 0.1) is 5.82 Å².